The molecule has 0 radical (unpaired) electrons. The van der Waals surface area contributed by atoms with Crippen LogP contribution in [0, 0.1) is 10.1 Å². The molecule has 0 aliphatic carbocycles. The number of ether oxygens (including phenoxy) is 2. The molecule has 0 heterocycles. The highest BCUT2D eigenvalue weighted by Gasteiger charge is 2.22. The van der Waals surface area contributed by atoms with E-state index < -0.39 is 32.7 Å². The summed E-state index contributed by atoms with van der Waals surface area (Å²) in [7, 11) is -1.29. The van der Waals surface area contributed by atoms with Gasteiger partial charge in [0.1, 0.15) is 0 Å². The maximum Gasteiger partial charge on any atom is 0.312 e. The smallest absolute Gasteiger partial charge is 0.312 e. The standard InChI is InChI=1S/C10H14N2O7S/c1-18-10(19-2)6-11-20(16,17)7-3-4-9(13)8(5-7)12(14)15/h3-5,10-11,13H,6H2,1-2H3. The van der Waals surface area contributed by atoms with E-state index in [9.17, 15) is 23.6 Å². The second-order valence-electron chi connectivity index (χ2n) is 3.66. The number of rotatable bonds is 7. The number of sulfonamides is 1. The van der Waals surface area contributed by atoms with Gasteiger partial charge in [-0.15, -0.1) is 0 Å². The number of nitro benzene ring substituents is 1. The first kappa shape index (κ1) is 16.3. The number of nitro groups is 1. The van der Waals surface area contributed by atoms with Crippen LogP contribution in [0.4, 0.5) is 5.69 Å². The topological polar surface area (TPSA) is 128 Å². The lowest BCUT2D eigenvalue weighted by molar-refractivity contribution is -0.386. The molecule has 0 saturated heterocycles. The van der Waals surface area contributed by atoms with Gasteiger partial charge in [-0.25, -0.2) is 13.1 Å². The van der Waals surface area contributed by atoms with Crippen molar-refractivity contribution in [3.05, 3.63) is 28.3 Å². The van der Waals surface area contributed by atoms with E-state index in [1.165, 1.54) is 14.2 Å². The van der Waals surface area contributed by atoms with Crippen LogP contribution >= 0.6 is 0 Å². The normalized spacial score (nSPS) is 11.8. The van der Waals surface area contributed by atoms with Gasteiger partial charge in [0.05, 0.1) is 16.4 Å². The van der Waals surface area contributed by atoms with Gasteiger partial charge in [0.25, 0.3) is 0 Å². The SMILES string of the molecule is COC(CNS(=O)(=O)c1ccc(O)c([N+](=O)[O-])c1)OC. The van der Waals surface area contributed by atoms with E-state index in [-0.39, 0.29) is 11.4 Å². The van der Waals surface area contributed by atoms with E-state index in [0.717, 1.165) is 18.2 Å². The summed E-state index contributed by atoms with van der Waals surface area (Å²) in [6.07, 6.45) is -0.781. The van der Waals surface area contributed by atoms with Crippen LogP contribution in [-0.2, 0) is 19.5 Å². The molecule has 112 valence electrons. The zero-order chi connectivity index (χ0) is 15.3. The lowest BCUT2D eigenvalue weighted by Crippen LogP contribution is -2.34. The number of methoxy groups -OCH3 is 2. The molecule has 0 bridgehead atoms. The number of hydrogen-bond acceptors (Lipinski definition) is 7. The van der Waals surface area contributed by atoms with Gasteiger partial charge in [0, 0.05) is 20.3 Å². The third-order valence-corrected chi connectivity index (χ3v) is 3.84. The van der Waals surface area contributed by atoms with Crippen LogP contribution in [0.3, 0.4) is 0 Å². The van der Waals surface area contributed by atoms with Crippen molar-refractivity contribution in [3.63, 3.8) is 0 Å². The number of benzene rings is 1. The summed E-state index contributed by atoms with van der Waals surface area (Å²) in [6.45, 7) is -0.163. The fourth-order valence-electron chi connectivity index (χ4n) is 1.34. The van der Waals surface area contributed by atoms with Crippen LogP contribution in [0.25, 0.3) is 0 Å². The maximum atomic E-state index is 11.9. The Bertz CT molecular complexity index is 583. The first-order chi connectivity index (χ1) is 9.31. The Morgan fingerprint density at radius 1 is 1.40 bits per heavy atom. The van der Waals surface area contributed by atoms with Gasteiger partial charge in [0.2, 0.25) is 10.0 Å². The third kappa shape index (κ3) is 3.87. The highest BCUT2D eigenvalue weighted by atomic mass is 32.2. The molecule has 0 atom stereocenters. The van der Waals surface area contributed by atoms with E-state index in [2.05, 4.69) is 4.72 Å². The van der Waals surface area contributed by atoms with E-state index in [4.69, 9.17) is 9.47 Å². The summed E-state index contributed by atoms with van der Waals surface area (Å²) >= 11 is 0. The molecular weight excluding hydrogens is 292 g/mol. The van der Waals surface area contributed by atoms with Gasteiger partial charge in [-0.05, 0) is 12.1 Å². The van der Waals surface area contributed by atoms with Crippen molar-refractivity contribution in [1.29, 1.82) is 0 Å². The number of phenols is 1. The van der Waals surface area contributed by atoms with Crippen LogP contribution in [0.2, 0.25) is 0 Å². The fourth-order valence-corrected chi connectivity index (χ4v) is 2.38. The molecule has 0 aromatic heterocycles. The van der Waals surface area contributed by atoms with E-state index in [1.54, 1.807) is 0 Å². The van der Waals surface area contributed by atoms with Gasteiger partial charge in [-0.1, -0.05) is 0 Å². The molecule has 0 spiro atoms. The molecule has 0 amide bonds. The number of aromatic hydroxyl groups is 1. The Kier molecular flexibility index (Phi) is 5.39. The first-order valence-electron chi connectivity index (χ1n) is 5.34. The summed E-state index contributed by atoms with van der Waals surface area (Å²) in [4.78, 5) is 9.44. The van der Waals surface area contributed by atoms with Crippen molar-refractivity contribution in [1.82, 2.24) is 4.72 Å². The fraction of sp³-hybridized carbons (Fsp3) is 0.400. The molecule has 1 aromatic rings. The molecule has 1 aromatic carbocycles. The highest BCUT2D eigenvalue weighted by Crippen LogP contribution is 2.28. The molecule has 0 fully saturated rings. The molecule has 1 rings (SSSR count). The zero-order valence-corrected chi connectivity index (χ0v) is 11.6. The predicted octanol–water partition coefficient (Wildman–Crippen LogP) is 0.198. The molecule has 0 unspecified atom stereocenters. The van der Waals surface area contributed by atoms with Crippen LogP contribution in [0.5, 0.6) is 5.75 Å². The van der Waals surface area contributed by atoms with Crippen LogP contribution in [-0.4, -0.2) is 45.5 Å². The Morgan fingerprint density at radius 2 is 2.00 bits per heavy atom. The van der Waals surface area contributed by atoms with Crippen molar-refractivity contribution in [3.8, 4) is 5.75 Å². The third-order valence-electron chi connectivity index (χ3n) is 2.42. The van der Waals surface area contributed by atoms with Crippen LogP contribution < -0.4 is 4.72 Å². The minimum atomic E-state index is -3.97. The molecule has 20 heavy (non-hydrogen) atoms. The predicted molar refractivity (Wildman–Crippen MR) is 67.8 cm³/mol. The highest BCUT2D eigenvalue weighted by molar-refractivity contribution is 7.89. The van der Waals surface area contributed by atoms with Gasteiger partial charge in [0.15, 0.2) is 12.0 Å². The minimum Gasteiger partial charge on any atom is -0.502 e. The van der Waals surface area contributed by atoms with Crippen molar-refractivity contribution in [2.75, 3.05) is 20.8 Å². The Labute approximate surface area is 115 Å². The summed E-state index contributed by atoms with van der Waals surface area (Å²) in [5.74, 6) is -0.611. The summed E-state index contributed by atoms with van der Waals surface area (Å²) in [5, 5.41) is 19.9. The Hall–Kier alpha value is -1.75. The summed E-state index contributed by atoms with van der Waals surface area (Å²) in [5.41, 5.74) is -0.692. The average molecular weight is 306 g/mol. The Morgan fingerprint density at radius 3 is 2.50 bits per heavy atom. The number of nitrogens with one attached hydrogen (secondary N) is 1. The maximum absolute atomic E-state index is 11.9. The van der Waals surface area contributed by atoms with E-state index in [1.807, 2.05) is 0 Å². The lowest BCUT2D eigenvalue weighted by atomic mass is 10.3. The summed E-state index contributed by atoms with van der Waals surface area (Å²) in [6, 6.07) is 2.77. The van der Waals surface area contributed by atoms with Gasteiger partial charge >= 0.3 is 5.69 Å². The molecule has 10 heteroatoms. The van der Waals surface area contributed by atoms with Crippen LogP contribution in [0.15, 0.2) is 23.1 Å². The van der Waals surface area contributed by atoms with Gasteiger partial charge in [-0.3, -0.25) is 10.1 Å². The van der Waals surface area contributed by atoms with Gasteiger partial charge < -0.3 is 14.6 Å². The van der Waals surface area contributed by atoms with Crippen LogP contribution in [0.1, 0.15) is 0 Å². The van der Waals surface area contributed by atoms with E-state index in [0.29, 0.717) is 0 Å². The molecular formula is C10H14N2O7S. The van der Waals surface area contributed by atoms with Crippen molar-refractivity contribution < 1.29 is 27.9 Å². The monoisotopic (exact) mass is 306 g/mol. The molecule has 0 aliphatic heterocycles. The van der Waals surface area contributed by atoms with Crippen molar-refractivity contribution in [2.45, 2.75) is 11.2 Å². The second kappa shape index (κ2) is 6.61. The second-order valence-corrected chi connectivity index (χ2v) is 5.43. The molecule has 2 N–H and O–H groups in total. The lowest BCUT2D eigenvalue weighted by Gasteiger charge is -2.14. The minimum absolute atomic E-state index is 0.163. The first-order valence-corrected chi connectivity index (χ1v) is 6.82. The quantitative estimate of drug-likeness (QED) is 0.418. The van der Waals surface area contributed by atoms with Crippen molar-refractivity contribution >= 4 is 15.7 Å². The zero-order valence-electron chi connectivity index (χ0n) is 10.8. The Balaban J connectivity index is 2.98. The molecule has 9 nitrogen and oxygen atoms in total. The number of phenolic OH excluding ortho intramolecular Hbond substituents is 1. The van der Waals surface area contributed by atoms with Crippen molar-refractivity contribution in [2.24, 2.45) is 0 Å². The van der Waals surface area contributed by atoms with E-state index >= 15 is 0 Å². The summed E-state index contributed by atoms with van der Waals surface area (Å²) < 4.78 is 35.7. The number of hydrogen-bond donors (Lipinski definition) is 2. The average Bonchev–Trinajstić information content (AvgIpc) is 2.39. The molecule has 0 saturated carbocycles. The largest absolute Gasteiger partial charge is 0.502 e. The molecule has 0 aliphatic rings. The van der Waals surface area contributed by atoms with Gasteiger partial charge in [-0.2, -0.15) is 0 Å². The number of nitrogens with zero attached hydrogens (tertiary/aromatic N) is 1.